The Balaban J connectivity index is 0.000000182. The zero-order valence-corrected chi connectivity index (χ0v) is 28.7. The number of nitrogens with zero attached hydrogens (tertiary/aromatic N) is 2. The van der Waals surface area contributed by atoms with Gasteiger partial charge in [-0.15, -0.1) is 0 Å². The first kappa shape index (κ1) is 34.7. The summed E-state index contributed by atoms with van der Waals surface area (Å²) in [5.41, 5.74) is 4.71. The molecule has 0 saturated carbocycles. The van der Waals surface area contributed by atoms with Crippen molar-refractivity contribution in [1.82, 2.24) is 9.80 Å². The molecule has 2 heterocycles. The molecule has 242 valence electrons. The van der Waals surface area contributed by atoms with Gasteiger partial charge in [0.25, 0.3) is 0 Å². The van der Waals surface area contributed by atoms with E-state index >= 15 is 0 Å². The molecule has 0 spiro atoms. The van der Waals surface area contributed by atoms with Crippen molar-refractivity contribution in [2.45, 2.75) is 24.9 Å². The van der Waals surface area contributed by atoms with Gasteiger partial charge in [-0.3, -0.25) is 14.6 Å². The number of halogens is 4. The Morgan fingerprint density at radius 3 is 1.63 bits per heavy atom. The zero-order valence-electron chi connectivity index (χ0n) is 25.7. The fourth-order valence-corrected chi connectivity index (χ4v) is 7.18. The number of esters is 1. The summed E-state index contributed by atoms with van der Waals surface area (Å²) in [7, 11) is 1.44. The highest BCUT2D eigenvalue weighted by Crippen LogP contribution is 2.38. The summed E-state index contributed by atoms with van der Waals surface area (Å²) in [5.74, 6) is 0.206. The largest absolute Gasteiger partial charge is 0.469 e. The molecule has 0 bridgehead atoms. The summed E-state index contributed by atoms with van der Waals surface area (Å²) in [6, 6.07) is 32.1. The molecule has 2 fully saturated rings. The third kappa shape index (κ3) is 8.84. The van der Waals surface area contributed by atoms with Crippen molar-refractivity contribution >= 4 is 52.4 Å². The number of benzene rings is 4. The van der Waals surface area contributed by atoms with E-state index in [-0.39, 0.29) is 30.3 Å². The molecule has 1 N–H and O–H groups in total. The Hall–Kier alpha value is -2.61. The number of methoxy groups -OCH3 is 1. The first-order valence-electron chi connectivity index (χ1n) is 15.4. The van der Waals surface area contributed by atoms with Gasteiger partial charge in [0.05, 0.1) is 33.1 Å². The summed E-state index contributed by atoms with van der Waals surface area (Å²) < 4.78 is 5.01. The topological polar surface area (TPSA) is 53.0 Å². The van der Waals surface area contributed by atoms with Crippen LogP contribution in [-0.2, 0) is 22.6 Å². The molecule has 2 saturated heterocycles. The molecule has 0 aliphatic carbocycles. The standard InChI is InChI=1S/C19H19Cl2NO2.C18H19Cl2NO/c1-24-19(23)16-12-22(10-13-5-3-2-4-6-13)11-15(16)14-7-8-17(20)18(21)9-14;19-17-7-6-14(8-18(17)20)16-11-21(10-15(16)12-22)9-13-4-2-1-3-5-13/h2-9,15-16H,10-12H2,1H3;1-8,15-16,22H,9-12H2/t15-,16+;15-,16-/m11/s1. The number of likely N-dealkylation sites (tertiary alicyclic amines) is 2. The van der Waals surface area contributed by atoms with E-state index in [4.69, 9.17) is 51.1 Å². The molecule has 5 nitrogen and oxygen atoms in total. The van der Waals surface area contributed by atoms with E-state index in [1.54, 1.807) is 6.07 Å². The van der Waals surface area contributed by atoms with Crippen LogP contribution >= 0.6 is 46.4 Å². The summed E-state index contributed by atoms with van der Waals surface area (Å²) in [6.45, 7) is 5.20. The minimum absolute atomic E-state index is 0.0518. The van der Waals surface area contributed by atoms with Crippen LogP contribution in [0.4, 0.5) is 0 Å². The van der Waals surface area contributed by atoms with Crippen LogP contribution in [0.1, 0.15) is 34.1 Å². The number of rotatable bonds is 8. The van der Waals surface area contributed by atoms with Crippen molar-refractivity contribution in [3.8, 4) is 0 Å². The molecule has 0 unspecified atom stereocenters. The Kier molecular flexibility index (Phi) is 12.4. The van der Waals surface area contributed by atoms with E-state index in [2.05, 4.69) is 46.2 Å². The van der Waals surface area contributed by atoms with E-state index in [0.717, 1.165) is 43.9 Å². The molecule has 4 aromatic rings. The summed E-state index contributed by atoms with van der Waals surface area (Å²) >= 11 is 24.3. The van der Waals surface area contributed by atoms with Crippen molar-refractivity contribution < 1.29 is 14.6 Å². The van der Waals surface area contributed by atoms with Crippen LogP contribution in [0.3, 0.4) is 0 Å². The van der Waals surface area contributed by atoms with E-state index in [1.807, 2.05) is 54.6 Å². The average molecular weight is 701 g/mol. The zero-order chi connectivity index (χ0) is 32.6. The van der Waals surface area contributed by atoms with Gasteiger partial charge in [0.1, 0.15) is 0 Å². The van der Waals surface area contributed by atoms with Crippen molar-refractivity contribution in [1.29, 1.82) is 0 Å². The highest BCUT2D eigenvalue weighted by atomic mass is 35.5. The first-order chi connectivity index (χ1) is 22.2. The third-order valence-corrected chi connectivity index (χ3v) is 10.4. The second-order valence-corrected chi connectivity index (χ2v) is 13.6. The van der Waals surface area contributed by atoms with E-state index in [1.165, 1.54) is 18.2 Å². The Bertz CT molecular complexity index is 1590. The molecule has 2 aliphatic heterocycles. The Morgan fingerprint density at radius 2 is 1.15 bits per heavy atom. The second-order valence-electron chi connectivity index (χ2n) is 12.0. The fourth-order valence-electron chi connectivity index (χ4n) is 6.56. The van der Waals surface area contributed by atoms with Gasteiger partial charge in [-0.1, -0.05) is 119 Å². The molecule has 4 atom stereocenters. The SMILES string of the molecule is COC(=O)[C@H]1CN(Cc2ccccc2)C[C@@H]1c1ccc(Cl)c(Cl)c1.OC[C@H]1CN(Cc2ccccc2)C[C@@H]1c1ccc(Cl)c(Cl)c1. The van der Waals surface area contributed by atoms with Crippen molar-refractivity contribution in [3.63, 3.8) is 0 Å². The molecule has 4 aromatic carbocycles. The predicted octanol–water partition coefficient (Wildman–Crippen LogP) is 8.58. The molecule has 0 aromatic heterocycles. The lowest BCUT2D eigenvalue weighted by Gasteiger charge is -2.17. The fraction of sp³-hybridized carbons (Fsp3) is 0.324. The average Bonchev–Trinajstić information content (AvgIpc) is 3.69. The number of ether oxygens (including phenoxy) is 1. The van der Waals surface area contributed by atoms with Gasteiger partial charge >= 0.3 is 5.97 Å². The highest BCUT2D eigenvalue weighted by Gasteiger charge is 2.39. The van der Waals surface area contributed by atoms with E-state index in [9.17, 15) is 9.90 Å². The van der Waals surface area contributed by atoms with Gasteiger partial charge in [0.2, 0.25) is 0 Å². The van der Waals surface area contributed by atoms with Gasteiger partial charge in [-0.05, 0) is 46.5 Å². The second kappa shape index (κ2) is 16.5. The smallest absolute Gasteiger partial charge is 0.310 e. The van der Waals surface area contributed by atoms with E-state index < -0.39 is 0 Å². The van der Waals surface area contributed by atoms with Crippen LogP contribution in [0.15, 0.2) is 97.1 Å². The van der Waals surface area contributed by atoms with Gasteiger partial charge in [-0.25, -0.2) is 0 Å². The summed E-state index contributed by atoms with van der Waals surface area (Å²) in [6.07, 6.45) is 0. The van der Waals surface area contributed by atoms with Crippen LogP contribution in [0.2, 0.25) is 20.1 Å². The lowest BCUT2D eigenvalue weighted by Crippen LogP contribution is -2.24. The molecule has 9 heteroatoms. The van der Waals surface area contributed by atoms with Crippen LogP contribution in [0, 0.1) is 11.8 Å². The summed E-state index contributed by atoms with van der Waals surface area (Å²) in [4.78, 5) is 16.9. The Morgan fingerprint density at radius 1 is 0.674 bits per heavy atom. The van der Waals surface area contributed by atoms with Crippen LogP contribution in [-0.4, -0.2) is 60.8 Å². The van der Waals surface area contributed by atoms with Gasteiger partial charge in [0.15, 0.2) is 0 Å². The lowest BCUT2D eigenvalue weighted by atomic mass is 9.89. The number of carbonyl (C=O) groups excluding carboxylic acids is 1. The van der Waals surface area contributed by atoms with Crippen molar-refractivity contribution in [3.05, 3.63) is 139 Å². The van der Waals surface area contributed by atoms with Gasteiger partial charge in [-0.2, -0.15) is 0 Å². The van der Waals surface area contributed by atoms with E-state index in [0.29, 0.717) is 32.6 Å². The maximum absolute atomic E-state index is 12.2. The summed E-state index contributed by atoms with van der Waals surface area (Å²) in [5, 5.41) is 11.9. The van der Waals surface area contributed by atoms with Gasteiger partial charge < -0.3 is 9.84 Å². The Labute approximate surface area is 291 Å². The minimum Gasteiger partial charge on any atom is -0.469 e. The third-order valence-electron chi connectivity index (χ3n) is 8.89. The molecule has 0 amide bonds. The first-order valence-corrected chi connectivity index (χ1v) is 16.9. The normalized spacial score (nSPS) is 21.5. The van der Waals surface area contributed by atoms with Gasteiger partial charge in [0, 0.05) is 63.6 Å². The molecular formula is C37H38Cl4N2O3. The maximum atomic E-state index is 12.2. The maximum Gasteiger partial charge on any atom is 0.310 e. The van der Waals surface area contributed by atoms with Crippen LogP contribution in [0.5, 0.6) is 0 Å². The number of hydrogen-bond acceptors (Lipinski definition) is 5. The van der Waals surface area contributed by atoms with Crippen LogP contribution < -0.4 is 0 Å². The number of aliphatic hydroxyl groups is 1. The minimum atomic E-state index is -0.198. The molecular weight excluding hydrogens is 662 g/mol. The highest BCUT2D eigenvalue weighted by molar-refractivity contribution is 6.42. The number of hydrogen-bond donors (Lipinski definition) is 1. The molecule has 46 heavy (non-hydrogen) atoms. The number of carbonyl (C=O) groups is 1. The monoisotopic (exact) mass is 698 g/mol. The number of aliphatic hydroxyl groups excluding tert-OH is 1. The van der Waals surface area contributed by atoms with Crippen molar-refractivity contribution in [2.24, 2.45) is 11.8 Å². The van der Waals surface area contributed by atoms with Crippen LogP contribution in [0.25, 0.3) is 0 Å². The predicted molar refractivity (Wildman–Crippen MR) is 188 cm³/mol. The molecule has 2 aliphatic rings. The quantitative estimate of drug-likeness (QED) is 0.187. The lowest BCUT2D eigenvalue weighted by molar-refractivity contribution is -0.145. The van der Waals surface area contributed by atoms with Crippen molar-refractivity contribution in [2.75, 3.05) is 39.9 Å². The molecule has 6 rings (SSSR count). The molecule has 0 radical (unpaired) electrons.